The Morgan fingerprint density at radius 2 is 2.00 bits per heavy atom. The SMILES string of the molecule is C=C(C)C(C)(CCC)CNCC. The van der Waals surface area contributed by atoms with Crippen LogP contribution in [0.5, 0.6) is 0 Å². The molecule has 0 saturated heterocycles. The first kappa shape index (κ1) is 11.7. The normalized spacial score (nSPS) is 15.7. The molecule has 0 amide bonds. The smallest absolute Gasteiger partial charge is 0.00422 e. The zero-order valence-corrected chi connectivity index (χ0v) is 9.04. The van der Waals surface area contributed by atoms with E-state index in [1.165, 1.54) is 18.4 Å². The van der Waals surface area contributed by atoms with Gasteiger partial charge in [-0.1, -0.05) is 39.3 Å². The van der Waals surface area contributed by atoms with Gasteiger partial charge in [0.25, 0.3) is 0 Å². The highest BCUT2D eigenvalue weighted by Crippen LogP contribution is 2.29. The fraction of sp³-hybridized carbons (Fsp3) is 0.818. The molecule has 0 aromatic carbocycles. The summed E-state index contributed by atoms with van der Waals surface area (Å²) in [6.45, 7) is 15.0. The Labute approximate surface area is 77.2 Å². The third kappa shape index (κ3) is 3.40. The van der Waals surface area contributed by atoms with Crippen LogP contribution in [0.3, 0.4) is 0 Å². The Morgan fingerprint density at radius 3 is 2.33 bits per heavy atom. The summed E-state index contributed by atoms with van der Waals surface area (Å²) in [6, 6.07) is 0. The Morgan fingerprint density at radius 1 is 1.42 bits per heavy atom. The predicted octanol–water partition coefficient (Wildman–Crippen LogP) is 2.98. The van der Waals surface area contributed by atoms with E-state index in [1.807, 2.05) is 0 Å². The molecule has 0 aliphatic rings. The maximum absolute atomic E-state index is 4.06. The van der Waals surface area contributed by atoms with Gasteiger partial charge in [-0.3, -0.25) is 0 Å². The van der Waals surface area contributed by atoms with Crippen LogP contribution in [-0.4, -0.2) is 13.1 Å². The molecule has 0 aromatic rings. The van der Waals surface area contributed by atoms with Gasteiger partial charge in [-0.15, -0.1) is 0 Å². The first-order valence-corrected chi connectivity index (χ1v) is 4.93. The molecule has 0 heterocycles. The lowest BCUT2D eigenvalue weighted by atomic mass is 9.79. The van der Waals surface area contributed by atoms with Gasteiger partial charge in [0, 0.05) is 12.0 Å². The molecule has 12 heavy (non-hydrogen) atoms. The minimum atomic E-state index is 0.296. The van der Waals surface area contributed by atoms with Crippen molar-refractivity contribution >= 4 is 0 Å². The standard InChI is InChI=1S/C11H23N/c1-6-8-11(5,10(3)4)9-12-7-2/h12H,3,6-9H2,1-2,4-5H3. The maximum Gasteiger partial charge on any atom is 0.00422 e. The van der Waals surface area contributed by atoms with Gasteiger partial charge >= 0.3 is 0 Å². The van der Waals surface area contributed by atoms with Gasteiger partial charge in [-0.25, -0.2) is 0 Å². The van der Waals surface area contributed by atoms with Crippen molar-refractivity contribution in [2.45, 2.75) is 40.5 Å². The van der Waals surface area contributed by atoms with Crippen molar-refractivity contribution in [1.82, 2.24) is 5.32 Å². The van der Waals surface area contributed by atoms with Crippen LogP contribution < -0.4 is 5.32 Å². The van der Waals surface area contributed by atoms with Gasteiger partial charge in [-0.05, 0) is 19.9 Å². The molecule has 1 nitrogen and oxygen atoms in total. The minimum absolute atomic E-state index is 0.296. The second-order valence-electron chi connectivity index (χ2n) is 3.87. The quantitative estimate of drug-likeness (QED) is 0.603. The topological polar surface area (TPSA) is 12.0 Å². The molecule has 72 valence electrons. The first-order valence-electron chi connectivity index (χ1n) is 4.93. The fourth-order valence-electron chi connectivity index (χ4n) is 1.41. The summed E-state index contributed by atoms with van der Waals surface area (Å²) >= 11 is 0. The predicted molar refractivity (Wildman–Crippen MR) is 56.4 cm³/mol. The van der Waals surface area contributed by atoms with Crippen LogP contribution >= 0.6 is 0 Å². The van der Waals surface area contributed by atoms with Crippen LogP contribution in [0.4, 0.5) is 0 Å². The van der Waals surface area contributed by atoms with Crippen LogP contribution in [0.25, 0.3) is 0 Å². The van der Waals surface area contributed by atoms with Crippen LogP contribution in [0.15, 0.2) is 12.2 Å². The molecule has 0 aromatic heterocycles. The van der Waals surface area contributed by atoms with E-state index in [4.69, 9.17) is 0 Å². The largest absolute Gasteiger partial charge is 0.316 e. The van der Waals surface area contributed by atoms with E-state index >= 15 is 0 Å². The summed E-state index contributed by atoms with van der Waals surface area (Å²) < 4.78 is 0. The van der Waals surface area contributed by atoms with E-state index in [0.29, 0.717) is 5.41 Å². The summed E-state index contributed by atoms with van der Waals surface area (Å²) in [6.07, 6.45) is 2.46. The van der Waals surface area contributed by atoms with Crippen molar-refractivity contribution in [3.05, 3.63) is 12.2 Å². The van der Waals surface area contributed by atoms with E-state index in [2.05, 4.69) is 39.6 Å². The summed E-state index contributed by atoms with van der Waals surface area (Å²) in [5.41, 5.74) is 1.59. The minimum Gasteiger partial charge on any atom is -0.316 e. The molecule has 0 aliphatic carbocycles. The van der Waals surface area contributed by atoms with Crippen LogP contribution in [0.2, 0.25) is 0 Å². The third-order valence-electron chi connectivity index (χ3n) is 2.60. The fourth-order valence-corrected chi connectivity index (χ4v) is 1.41. The van der Waals surface area contributed by atoms with Gasteiger partial charge in [-0.2, -0.15) is 0 Å². The van der Waals surface area contributed by atoms with Crippen LogP contribution in [0.1, 0.15) is 40.5 Å². The highest BCUT2D eigenvalue weighted by molar-refractivity contribution is 5.06. The van der Waals surface area contributed by atoms with Crippen molar-refractivity contribution in [2.24, 2.45) is 5.41 Å². The molecular formula is C11H23N. The molecule has 0 fully saturated rings. The highest BCUT2D eigenvalue weighted by Gasteiger charge is 2.22. The molecule has 0 spiro atoms. The summed E-state index contributed by atoms with van der Waals surface area (Å²) in [5, 5.41) is 3.39. The third-order valence-corrected chi connectivity index (χ3v) is 2.60. The van der Waals surface area contributed by atoms with E-state index in [-0.39, 0.29) is 0 Å². The zero-order chi connectivity index (χ0) is 9.61. The lowest BCUT2D eigenvalue weighted by Crippen LogP contribution is -2.32. The van der Waals surface area contributed by atoms with Crippen molar-refractivity contribution in [1.29, 1.82) is 0 Å². The van der Waals surface area contributed by atoms with E-state index in [1.54, 1.807) is 0 Å². The number of rotatable bonds is 6. The molecule has 0 bridgehead atoms. The number of hydrogen-bond donors (Lipinski definition) is 1. The van der Waals surface area contributed by atoms with E-state index in [0.717, 1.165) is 13.1 Å². The Kier molecular flexibility index (Phi) is 5.23. The number of hydrogen-bond acceptors (Lipinski definition) is 1. The van der Waals surface area contributed by atoms with E-state index < -0.39 is 0 Å². The average Bonchev–Trinajstić information content (AvgIpc) is 2.01. The van der Waals surface area contributed by atoms with Gasteiger partial charge in [0.2, 0.25) is 0 Å². The molecule has 0 aliphatic heterocycles. The van der Waals surface area contributed by atoms with Gasteiger partial charge in [0.05, 0.1) is 0 Å². The van der Waals surface area contributed by atoms with Crippen molar-refractivity contribution in [3.63, 3.8) is 0 Å². The van der Waals surface area contributed by atoms with Crippen LogP contribution in [-0.2, 0) is 0 Å². The van der Waals surface area contributed by atoms with Gasteiger partial charge < -0.3 is 5.32 Å². The molecule has 1 heteroatoms. The zero-order valence-electron chi connectivity index (χ0n) is 9.04. The highest BCUT2D eigenvalue weighted by atomic mass is 14.9. The van der Waals surface area contributed by atoms with Gasteiger partial charge in [0.15, 0.2) is 0 Å². The van der Waals surface area contributed by atoms with Crippen molar-refractivity contribution in [2.75, 3.05) is 13.1 Å². The summed E-state index contributed by atoms with van der Waals surface area (Å²) in [4.78, 5) is 0. The molecule has 0 rings (SSSR count). The molecule has 1 N–H and O–H groups in total. The van der Waals surface area contributed by atoms with Crippen LogP contribution in [0, 0.1) is 5.41 Å². The molecular weight excluding hydrogens is 146 g/mol. The summed E-state index contributed by atoms with van der Waals surface area (Å²) in [7, 11) is 0. The first-order chi connectivity index (χ1) is 5.56. The maximum atomic E-state index is 4.06. The lowest BCUT2D eigenvalue weighted by Gasteiger charge is -2.30. The average molecular weight is 169 g/mol. The van der Waals surface area contributed by atoms with E-state index in [9.17, 15) is 0 Å². The second-order valence-corrected chi connectivity index (χ2v) is 3.87. The van der Waals surface area contributed by atoms with Crippen molar-refractivity contribution in [3.8, 4) is 0 Å². The Balaban J connectivity index is 4.08. The van der Waals surface area contributed by atoms with Crippen molar-refractivity contribution < 1.29 is 0 Å². The Hall–Kier alpha value is -0.300. The number of nitrogens with one attached hydrogen (secondary N) is 1. The molecule has 1 atom stereocenters. The monoisotopic (exact) mass is 169 g/mol. The second kappa shape index (κ2) is 5.36. The Bertz CT molecular complexity index is 140. The van der Waals surface area contributed by atoms with Gasteiger partial charge in [0.1, 0.15) is 0 Å². The lowest BCUT2D eigenvalue weighted by molar-refractivity contribution is 0.341. The molecule has 1 unspecified atom stereocenters. The molecule has 0 saturated carbocycles. The molecule has 0 radical (unpaired) electrons. The summed E-state index contributed by atoms with van der Waals surface area (Å²) in [5.74, 6) is 0.